The number of anilines is 2. The lowest BCUT2D eigenvalue weighted by Gasteiger charge is -2.36. The molecular formula is C21H22N6O. The predicted molar refractivity (Wildman–Crippen MR) is 108 cm³/mol. The van der Waals surface area contributed by atoms with E-state index in [-0.39, 0.29) is 5.91 Å². The number of carbonyl (C=O) groups excluding carboxylic acids is 1. The zero-order valence-corrected chi connectivity index (χ0v) is 15.5. The maximum Gasteiger partial charge on any atom is 0.251 e. The van der Waals surface area contributed by atoms with Crippen LogP contribution in [0.25, 0.3) is 0 Å². The van der Waals surface area contributed by atoms with Crippen molar-refractivity contribution in [3.63, 3.8) is 0 Å². The number of amides is 1. The average Bonchev–Trinajstić information content (AvgIpc) is 2.79. The molecule has 0 bridgehead atoms. The summed E-state index contributed by atoms with van der Waals surface area (Å²) < 4.78 is 0. The zero-order chi connectivity index (χ0) is 19.2. The SMILES string of the molecule is O=C(NCc1ccccn1)c1ccnc(N2CCN(c3ccccn3)CC2)c1. The topological polar surface area (TPSA) is 74.2 Å². The Morgan fingerprint density at radius 1 is 0.821 bits per heavy atom. The number of pyridine rings is 3. The Hall–Kier alpha value is -3.48. The van der Waals surface area contributed by atoms with E-state index in [0.29, 0.717) is 12.1 Å². The largest absolute Gasteiger partial charge is 0.353 e. The maximum atomic E-state index is 12.5. The van der Waals surface area contributed by atoms with Crippen molar-refractivity contribution in [1.29, 1.82) is 0 Å². The molecule has 0 saturated carbocycles. The minimum atomic E-state index is -0.124. The second-order valence-electron chi connectivity index (χ2n) is 6.57. The number of aromatic nitrogens is 3. The van der Waals surface area contributed by atoms with Crippen LogP contribution >= 0.6 is 0 Å². The van der Waals surface area contributed by atoms with Gasteiger partial charge in [-0.3, -0.25) is 9.78 Å². The van der Waals surface area contributed by atoms with Gasteiger partial charge in [0.05, 0.1) is 12.2 Å². The summed E-state index contributed by atoms with van der Waals surface area (Å²) in [6, 6.07) is 15.2. The standard InChI is InChI=1S/C21H22N6O/c28-21(25-16-18-5-1-3-8-22-18)17-7-10-24-20(15-17)27-13-11-26(12-14-27)19-6-2-4-9-23-19/h1-10,15H,11-14,16H2,(H,25,28). The zero-order valence-electron chi connectivity index (χ0n) is 15.5. The number of carbonyl (C=O) groups is 1. The molecule has 0 unspecified atom stereocenters. The molecule has 1 fully saturated rings. The fourth-order valence-electron chi connectivity index (χ4n) is 3.21. The van der Waals surface area contributed by atoms with Crippen LogP contribution in [0.4, 0.5) is 11.6 Å². The first kappa shape index (κ1) is 17.9. The number of nitrogens with zero attached hydrogens (tertiary/aromatic N) is 5. The molecule has 142 valence electrons. The van der Waals surface area contributed by atoms with Crippen molar-refractivity contribution in [3.05, 3.63) is 78.4 Å². The van der Waals surface area contributed by atoms with Crippen LogP contribution in [0, 0.1) is 0 Å². The van der Waals surface area contributed by atoms with E-state index >= 15 is 0 Å². The van der Waals surface area contributed by atoms with Crippen molar-refractivity contribution in [2.24, 2.45) is 0 Å². The molecule has 7 heteroatoms. The smallest absolute Gasteiger partial charge is 0.251 e. The third-order valence-corrected chi connectivity index (χ3v) is 4.74. The highest BCUT2D eigenvalue weighted by atomic mass is 16.1. The van der Waals surface area contributed by atoms with Crippen LogP contribution in [0.1, 0.15) is 16.1 Å². The average molecular weight is 374 g/mol. The molecule has 0 spiro atoms. The van der Waals surface area contributed by atoms with Crippen LogP contribution in [0.5, 0.6) is 0 Å². The van der Waals surface area contributed by atoms with Crippen LogP contribution in [0.15, 0.2) is 67.1 Å². The molecule has 0 aliphatic carbocycles. The summed E-state index contributed by atoms with van der Waals surface area (Å²) in [6.07, 6.45) is 5.23. The van der Waals surface area contributed by atoms with Gasteiger partial charge in [-0.05, 0) is 36.4 Å². The molecular weight excluding hydrogens is 352 g/mol. The lowest BCUT2D eigenvalue weighted by molar-refractivity contribution is 0.0950. The molecule has 1 saturated heterocycles. The highest BCUT2D eigenvalue weighted by Gasteiger charge is 2.19. The fraction of sp³-hybridized carbons (Fsp3) is 0.238. The lowest BCUT2D eigenvalue weighted by Crippen LogP contribution is -2.47. The predicted octanol–water partition coefficient (Wildman–Crippen LogP) is 2.13. The van der Waals surface area contributed by atoms with Crippen molar-refractivity contribution in [2.75, 3.05) is 36.0 Å². The molecule has 1 N–H and O–H groups in total. The van der Waals surface area contributed by atoms with Crippen molar-refractivity contribution >= 4 is 17.5 Å². The lowest BCUT2D eigenvalue weighted by atomic mass is 10.2. The van der Waals surface area contributed by atoms with Gasteiger partial charge in [-0.15, -0.1) is 0 Å². The van der Waals surface area contributed by atoms with Gasteiger partial charge in [0, 0.05) is 50.3 Å². The van der Waals surface area contributed by atoms with Crippen molar-refractivity contribution in [1.82, 2.24) is 20.3 Å². The van der Waals surface area contributed by atoms with Gasteiger partial charge in [-0.2, -0.15) is 0 Å². The Balaban J connectivity index is 1.37. The highest BCUT2D eigenvalue weighted by molar-refractivity contribution is 5.94. The third-order valence-electron chi connectivity index (χ3n) is 4.74. The van der Waals surface area contributed by atoms with E-state index in [1.165, 1.54) is 0 Å². The Kier molecular flexibility index (Phi) is 5.42. The van der Waals surface area contributed by atoms with E-state index in [2.05, 4.69) is 30.1 Å². The van der Waals surface area contributed by atoms with Gasteiger partial charge in [-0.1, -0.05) is 12.1 Å². The number of rotatable bonds is 5. The van der Waals surface area contributed by atoms with Gasteiger partial charge >= 0.3 is 0 Å². The van der Waals surface area contributed by atoms with Gasteiger partial charge < -0.3 is 15.1 Å². The first-order valence-electron chi connectivity index (χ1n) is 9.35. The molecule has 0 radical (unpaired) electrons. The van der Waals surface area contributed by atoms with E-state index in [4.69, 9.17) is 0 Å². The summed E-state index contributed by atoms with van der Waals surface area (Å²) in [5.74, 6) is 1.70. The summed E-state index contributed by atoms with van der Waals surface area (Å²) in [4.78, 5) is 30.1. The molecule has 4 rings (SSSR count). The van der Waals surface area contributed by atoms with E-state index < -0.39 is 0 Å². The maximum absolute atomic E-state index is 12.5. The molecule has 1 amide bonds. The summed E-state index contributed by atoms with van der Waals surface area (Å²) in [7, 11) is 0. The van der Waals surface area contributed by atoms with Crippen molar-refractivity contribution in [2.45, 2.75) is 6.54 Å². The molecule has 0 atom stereocenters. The summed E-state index contributed by atoms with van der Waals surface area (Å²) >= 11 is 0. The molecule has 3 aromatic heterocycles. The van der Waals surface area contributed by atoms with Gasteiger partial charge in [0.25, 0.3) is 5.91 Å². The highest BCUT2D eigenvalue weighted by Crippen LogP contribution is 2.18. The minimum absolute atomic E-state index is 0.124. The van der Waals surface area contributed by atoms with Crippen LogP contribution in [0.2, 0.25) is 0 Å². The van der Waals surface area contributed by atoms with Crippen LogP contribution < -0.4 is 15.1 Å². The van der Waals surface area contributed by atoms with E-state index in [0.717, 1.165) is 43.5 Å². The summed E-state index contributed by atoms with van der Waals surface area (Å²) in [5, 5.41) is 2.91. The fourth-order valence-corrected chi connectivity index (χ4v) is 3.21. The summed E-state index contributed by atoms with van der Waals surface area (Å²) in [5.41, 5.74) is 1.43. The number of hydrogen-bond donors (Lipinski definition) is 1. The first-order chi connectivity index (χ1) is 13.8. The van der Waals surface area contributed by atoms with E-state index in [1.54, 1.807) is 18.5 Å². The van der Waals surface area contributed by atoms with Gasteiger partial charge in [0.1, 0.15) is 11.6 Å². The molecule has 1 aliphatic heterocycles. The monoisotopic (exact) mass is 374 g/mol. The quantitative estimate of drug-likeness (QED) is 0.737. The Labute approximate surface area is 164 Å². The van der Waals surface area contributed by atoms with E-state index in [9.17, 15) is 4.79 Å². The second kappa shape index (κ2) is 8.47. The molecule has 1 aliphatic rings. The number of hydrogen-bond acceptors (Lipinski definition) is 6. The normalized spacial score (nSPS) is 14.0. The Morgan fingerprint density at radius 3 is 2.18 bits per heavy atom. The molecule has 7 nitrogen and oxygen atoms in total. The minimum Gasteiger partial charge on any atom is -0.353 e. The van der Waals surface area contributed by atoms with Crippen LogP contribution in [0.3, 0.4) is 0 Å². The second-order valence-corrected chi connectivity index (χ2v) is 6.57. The van der Waals surface area contributed by atoms with E-state index in [1.807, 2.05) is 48.7 Å². The van der Waals surface area contributed by atoms with Crippen molar-refractivity contribution < 1.29 is 4.79 Å². The van der Waals surface area contributed by atoms with Crippen LogP contribution in [-0.2, 0) is 6.54 Å². The van der Waals surface area contributed by atoms with Gasteiger partial charge in [-0.25, -0.2) is 9.97 Å². The van der Waals surface area contributed by atoms with Gasteiger partial charge in [0.15, 0.2) is 0 Å². The first-order valence-corrected chi connectivity index (χ1v) is 9.35. The Bertz CT molecular complexity index is 910. The van der Waals surface area contributed by atoms with Gasteiger partial charge in [0.2, 0.25) is 0 Å². The van der Waals surface area contributed by atoms with Crippen molar-refractivity contribution in [3.8, 4) is 0 Å². The molecule has 4 heterocycles. The Morgan fingerprint density at radius 2 is 1.50 bits per heavy atom. The summed E-state index contributed by atoms with van der Waals surface area (Å²) in [6.45, 7) is 3.81. The number of piperazine rings is 1. The molecule has 0 aromatic carbocycles. The third kappa shape index (κ3) is 4.25. The number of nitrogens with one attached hydrogen (secondary N) is 1. The van der Waals surface area contributed by atoms with Crippen LogP contribution in [-0.4, -0.2) is 47.0 Å². The molecule has 3 aromatic rings. The molecule has 28 heavy (non-hydrogen) atoms.